The highest BCUT2D eigenvalue weighted by Crippen LogP contribution is 2.32. The molecule has 6 aromatic rings. The predicted molar refractivity (Wildman–Crippen MR) is 153 cm³/mol. The maximum atomic E-state index is 12.6. The third kappa shape index (κ3) is 4.33. The standard InChI is InChI=1S/C30H26N8O2/c1-40-21-8-4-7-18(14-21)25-26-23(11-12-32-25)35-29(36-26)28-27-24(37-38-28)10-9-22(34-27)19-13-20(16-31-15-19)33-30(39)17-5-2-3-6-17/h4,7-17H,2-3,5-6H2,1H3,(H,33,39)(H,35,36)(H,37,38). The van der Waals surface area contributed by atoms with Crippen LogP contribution in [0.25, 0.3) is 56.1 Å². The van der Waals surface area contributed by atoms with Crippen molar-refractivity contribution in [3.63, 3.8) is 0 Å². The Morgan fingerprint density at radius 2 is 1.82 bits per heavy atom. The fourth-order valence-corrected chi connectivity index (χ4v) is 5.33. The lowest BCUT2D eigenvalue weighted by Gasteiger charge is -2.11. The first-order valence-electron chi connectivity index (χ1n) is 13.3. The van der Waals surface area contributed by atoms with Crippen molar-refractivity contribution in [1.82, 2.24) is 35.1 Å². The lowest BCUT2D eigenvalue weighted by atomic mass is 10.1. The molecule has 10 nitrogen and oxygen atoms in total. The molecule has 1 aliphatic rings. The Morgan fingerprint density at radius 1 is 0.950 bits per heavy atom. The van der Waals surface area contributed by atoms with Gasteiger partial charge < -0.3 is 15.0 Å². The summed E-state index contributed by atoms with van der Waals surface area (Å²) in [6, 6.07) is 15.4. The number of ether oxygens (including phenoxy) is 1. The van der Waals surface area contributed by atoms with Gasteiger partial charge in [-0.15, -0.1) is 0 Å². The summed E-state index contributed by atoms with van der Waals surface area (Å²) in [6.45, 7) is 0. The first-order valence-corrected chi connectivity index (χ1v) is 13.3. The van der Waals surface area contributed by atoms with Gasteiger partial charge in [-0.05, 0) is 49.2 Å². The minimum Gasteiger partial charge on any atom is -0.497 e. The Labute approximate surface area is 229 Å². The number of amides is 1. The summed E-state index contributed by atoms with van der Waals surface area (Å²) in [4.78, 5) is 34.8. The number of anilines is 1. The van der Waals surface area contributed by atoms with Crippen LogP contribution in [0.1, 0.15) is 25.7 Å². The number of methoxy groups -OCH3 is 1. The molecule has 1 aromatic carbocycles. The summed E-state index contributed by atoms with van der Waals surface area (Å²) >= 11 is 0. The van der Waals surface area contributed by atoms with Gasteiger partial charge in [0.15, 0.2) is 11.5 Å². The van der Waals surface area contributed by atoms with Gasteiger partial charge in [0, 0.05) is 29.4 Å². The van der Waals surface area contributed by atoms with E-state index in [1.807, 2.05) is 48.5 Å². The van der Waals surface area contributed by atoms with E-state index in [9.17, 15) is 4.79 Å². The van der Waals surface area contributed by atoms with E-state index < -0.39 is 0 Å². The highest BCUT2D eigenvalue weighted by atomic mass is 16.5. The minimum atomic E-state index is 0.0599. The smallest absolute Gasteiger partial charge is 0.227 e. The van der Waals surface area contributed by atoms with Gasteiger partial charge in [0.25, 0.3) is 0 Å². The van der Waals surface area contributed by atoms with Crippen molar-refractivity contribution in [2.24, 2.45) is 5.92 Å². The average Bonchev–Trinajstić information content (AvgIpc) is 3.76. The van der Waals surface area contributed by atoms with Gasteiger partial charge in [-0.1, -0.05) is 25.0 Å². The molecule has 0 radical (unpaired) electrons. The summed E-state index contributed by atoms with van der Waals surface area (Å²) in [6.07, 6.45) is 9.27. The number of hydrogen-bond donors (Lipinski definition) is 3. The Balaban J connectivity index is 1.24. The van der Waals surface area contributed by atoms with Crippen molar-refractivity contribution in [2.75, 3.05) is 12.4 Å². The molecule has 1 fully saturated rings. The van der Waals surface area contributed by atoms with E-state index in [1.54, 1.807) is 25.7 Å². The number of hydrogen-bond acceptors (Lipinski definition) is 7. The van der Waals surface area contributed by atoms with Crippen LogP contribution in [0.2, 0.25) is 0 Å². The summed E-state index contributed by atoms with van der Waals surface area (Å²) in [5.74, 6) is 1.47. The van der Waals surface area contributed by atoms with Gasteiger partial charge >= 0.3 is 0 Å². The molecular formula is C30H26N8O2. The summed E-state index contributed by atoms with van der Waals surface area (Å²) in [5, 5.41) is 10.6. The summed E-state index contributed by atoms with van der Waals surface area (Å²) in [7, 11) is 1.64. The second-order valence-corrected chi connectivity index (χ2v) is 9.97. The van der Waals surface area contributed by atoms with Crippen LogP contribution in [0.15, 0.2) is 67.1 Å². The van der Waals surface area contributed by atoms with Crippen LogP contribution in [-0.4, -0.2) is 48.1 Å². The first kappa shape index (κ1) is 24.0. The number of carbonyl (C=O) groups is 1. The third-order valence-electron chi connectivity index (χ3n) is 7.40. The van der Waals surface area contributed by atoms with Crippen LogP contribution in [0.4, 0.5) is 5.69 Å². The molecule has 0 atom stereocenters. The average molecular weight is 531 g/mol. The second kappa shape index (κ2) is 9.88. The lowest BCUT2D eigenvalue weighted by molar-refractivity contribution is -0.119. The number of nitrogens with one attached hydrogen (secondary N) is 3. The zero-order valence-corrected chi connectivity index (χ0v) is 21.8. The number of H-pyrrole nitrogens is 2. The Kier molecular flexibility index (Phi) is 5.92. The van der Waals surface area contributed by atoms with E-state index >= 15 is 0 Å². The van der Waals surface area contributed by atoms with E-state index in [2.05, 4.69) is 30.5 Å². The quantitative estimate of drug-likeness (QED) is 0.249. The zero-order chi connectivity index (χ0) is 27.1. The Morgan fingerprint density at radius 3 is 2.70 bits per heavy atom. The van der Waals surface area contributed by atoms with Crippen LogP contribution in [0.3, 0.4) is 0 Å². The van der Waals surface area contributed by atoms with Gasteiger partial charge in [-0.3, -0.25) is 19.9 Å². The van der Waals surface area contributed by atoms with Crippen LogP contribution >= 0.6 is 0 Å². The number of benzene rings is 1. The molecule has 1 saturated carbocycles. The molecule has 1 amide bonds. The largest absolute Gasteiger partial charge is 0.497 e. The van der Waals surface area contributed by atoms with E-state index in [-0.39, 0.29) is 11.8 Å². The number of pyridine rings is 3. The molecule has 7 rings (SSSR count). The molecular weight excluding hydrogens is 504 g/mol. The van der Waals surface area contributed by atoms with Crippen LogP contribution < -0.4 is 10.1 Å². The molecule has 0 aliphatic heterocycles. The molecule has 0 unspecified atom stereocenters. The van der Waals surface area contributed by atoms with Crippen LogP contribution in [0, 0.1) is 5.92 Å². The van der Waals surface area contributed by atoms with E-state index in [4.69, 9.17) is 14.7 Å². The minimum absolute atomic E-state index is 0.0599. The predicted octanol–water partition coefficient (Wildman–Crippen LogP) is 5.76. The van der Waals surface area contributed by atoms with E-state index in [1.165, 1.54) is 0 Å². The van der Waals surface area contributed by atoms with Gasteiger partial charge in [0.2, 0.25) is 5.91 Å². The molecule has 40 heavy (non-hydrogen) atoms. The van der Waals surface area contributed by atoms with Gasteiger partial charge in [0.05, 0.1) is 41.4 Å². The topological polar surface area (TPSA) is 134 Å². The number of imidazole rings is 1. The zero-order valence-electron chi connectivity index (χ0n) is 21.8. The van der Waals surface area contributed by atoms with Crippen molar-refractivity contribution in [3.05, 3.63) is 67.1 Å². The van der Waals surface area contributed by atoms with Crippen LogP contribution in [-0.2, 0) is 4.79 Å². The molecule has 0 spiro atoms. The van der Waals surface area contributed by atoms with Crippen molar-refractivity contribution in [1.29, 1.82) is 0 Å². The van der Waals surface area contributed by atoms with Gasteiger partial charge in [-0.2, -0.15) is 5.10 Å². The molecule has 10 heteroatoms. The second-order valence-electron chi connectivity index (χ2n) is 9.97. The molecule has 5 aromatic heterocycles. The molecule has 0 bridgehead atoms. The number of aromatic amines is 2. The molecule has 5 heterocycles. The molecule has 1 aliphatic carbocycles. The normalized spacial score (nSPS) is 13.7. The van der Waals surface area contributed by atoms with Gasteiger partial charge in [0.1, 0.15) is 16.8 Å². The van der Waals surface area contributed by atoms with E-state index in [0.29, 0.717) is 22.7 Å². The molecule has 3 N–H and O–H groups in total. The number of carbonyl (C=O) groups excluding carboxylic acids is 1. The van der Waals surface area contributed by atoms with Gasteiger partial charge in [-0.25, -0.2) is 9.97 Å². The Hall–Kier alpha value is -5.12. The third-order valence-corrected chi connectivity index (χ3v) is 7.40. The summed E-state index contributed by atoms with van der Waals surface area (Å²) in [5.41, 5.74) is 7.45. The lowest BCUT2D eigenvalue weighted by Crippen LogP contribution is -2.20. The fraction of sp³-hybridized carbons (Fsp3) is 0.200. The first-order chi connectivity index (χ1) is 19.7. The SMILES string of the molecule is COc1cccc(-c2nccc3[nH]c(-c4n[nH]c5ccc(-c6cncc(NC(=O)C7CCCC7)c6)nc45)nc23)c1. The number of nitrogens with zero attached hydrogens (tertiary/aromatic N) is 5. The van der Waals surface area contributed by atoms with Crippen molar-refractivity contribution < 1.29 is 9.53 Å². The maximum Gasteiger partial charge on any atom is 0.227 e. The van der Waals surface area contributed by atoms with Crippen molar-refractivity contribution in [2.45, 2.75) is 25.7 Å². The molecule has 0 saturated heterocycles. The van der Waals surface area contributed by atoms with E-state index in [0.717, 1.165) is 70.5 Å². The summed E-state index contributed by atoms with van der Waals surface area (Å²) < 4.78 is 5.39. The fourth-order valence-electron chi connectivity index (χ4n) is 5.33. The maximum absolute atomic E-state index is 12.6. The number of fused-ring (bicyclic) bond motifs is 2. The van der Waals surface area contributed by atoms with Crippen molar-refractivity contribution >= 4 is 33.7 Å². The highest BCUT2D eigenvalue weighted by Gasteiger charge is 2.23. The van der Waals surface area contributed by atoms with Crippen molar-refractivity contribution in [3.8, 4) is 39.8 Å². The number of aromatic nitrogens is 7. The highest BCUT2D eigenvalue weighted by molar-refractivity contribution is 5.96. The Bertz CT molecular complexity index is 1870. The monoisotopic (exact) mass is 530 g/mol. The number of rotatable bonds is 6. The molecule has 198 valence electrons. The van der Waals surface area contributed by atoms with Crippen LogP contribution in [0.5, 0.6) is 5.75 Å².